The van der Waals surface area contributed by atoms with Crippen molar-refractivity contribution in [3.63, 3.8) is 0 Å². The molecule has 2 nitrogen and oxygen atoms in total. The molecule has 0 aliphatic heterocycles. The van der Waals surface area contributed by atoms with Crippen LogP contribution in [0.25, 0.3) is 10.1 Å². The quantitative estimate of drug-likeness (QED) is 0.694. The molecule has 0 amide bonds. The van der Waals surface area contributed by atoms with Crippen molar-refractivity contribution in [2.45, 2.75) is 19.3 Å². The van der Waals surface area contributed by atoms with E-state index in [0.717, 1.165) is 11.3 Å². The molecule has 0 saturated heterocycles. The van der Waals surface area contributed by atoms with E-state index in [1.807, 2.05) is 24.3 Å². The van der Waals surface area contributed by atoms with Gasteiger partial charge in [0.2, 0.25) is 0 Å². The molecule has 3 rings (SSSR count). The van der Waals surface area contributed by atoms with Crippen molar-refractivity contribution < 1.29 is 9.21 Å². The van der Waals surface area contributed by atoms with Gasteiger partial charge in [-0.2, -0.15) is 0 Å². The van der Waals surface area contributed by atoms with Gasteiger partial charge in [0.05, 0.1) is 6.26 Å². The van der Waals surface area contributed by atoms with Crippen LogP contribution in [-0.2, 0) is 17.6 Å². The minimum Gasteiger partial charge on any atom is -0.469 e. The third kappa shape index (κ3) is 2.76. The van der Waals surface area contributed by atoms with Crippen LogP contribution in [-0.4, -0.2) is 5.78 Å². The smallest absolute Gasteiger partial charge is 0.137 e. The summed E-state index contributed by atoms with van der Waals surface area (Å²) in [6, 6.07) is 12.0. The molecule has 1 aromatic carbocycles. The summed E-state index contributed by atoms with van der Waals surface area (Å²) in [5, 5.41) is 3.30. The molecule has 0 aliphatic carbocycles. The molecular weight excluding hydrogens is 256 g/mol. The van der Waals surface area contributed by atoms with Crippen molar-refractivity contribution in [1.29, 1.82) is 0 Å². The zero-order valence-corrected chi connectivity index (χ0v) is 11.3. The highest BCUT2D eigenvalue weighted by Crippen LogP contribution is 2.26. The zero-order valence-electron chi connectivity index (χ0n) is 10.5. The largest absolute Gasteiger partial charge is 0.469 e. The lowest BCUT2D eigenvalue weighted by Crippen LogP contribution is -2.03. The molecule has 2 heterocycles. The Morgan fingerprint density at radius 2 is 2.05 bits per heavy atom. The number of ketones is 1. The van der Waals surface area contributed by atoms with E-state index in [4.69, 9.17) is 4.42 Å². The van der Waals surface area contributed by atoms with Crippen LogP contribution in [0.2, 0.25) is 0 Å². The molecule has 0 N–H and O–H groups in total. The van der Waals surface area contributed by atoms with Gasteiger partial charge in [-0.05, 0) is 34.5 Å². The standard InChI is InChI=1S/C16H14O2S/c17-13(7-8-14-4-3-9-18-14)10-12-11-19-16-6-2-1-5-15(12)16/h1-6,9,11H,7-8,10H2. The fraction of sp³-hybridized carbons (Fsp3) is 0.188. The summed E-state index contributed by atoms with van der Waals surface area (Å²) in [6.07, 6.45) is 3.39. The number of benzene rings is 1. The Kier molecular flexibility index (Phi) is 3.47. The topological polar surface area (TPSA) is 30.2 Å². The first kappa shape index (κ1) is 12.2. The fourth-order valence-corrected chi connectivity index (χ4v) is 3.15. The van der Waals surface area contributed by atoms with Gasteiger partial charge in [0, 0.05) is 24.0 Å². The van der Waals surface area contributed by atoms with E-state index >= 15 is 0 Å². The van der Waals surface area contributed by atoms with Crippen molar-refractivity contribution in [3.8, 4) is 0 Å². The zero-order chi connectivity index (χ0) is 13.1. The number of rotatable bonds is 5. The summed E-state index contributed by atoms with van der Waals surface area (Å²) in [7, 11) is 0. The molecule has 0 unspecified atom stereocenters. The summed E-state index contributed by atoms with van der Waals surface area (Å²) in [6.45, 7) is 0. The van der Waals surface area contributed by atoms with Crippen LogP contribution in [0.1, 0.15) is 17.7 Å². The highest BCUT2D eigenvalue weighted by atomic mass is 32.1. The van der Waals surface area contributed by atoms with Crippen LogP contribution in [0, 0.1) is 0 Å². The van der Waals surface area contributed by atoms with Crippen LogP contribution in [0.4, 0.5) is 0 Å². The second-order valence-corrected chi connectivity index (χ2v) is 5.46. The maximum absolute atomic E-state index is 12.0. The highest BCUT2D eigenvalue weighted by molar-refractivity contribution is 7.17. The predicted octanol–water partition coefficient (Wildman–Crippen LogP) is 4.24. The van der Waals surface area contributed by atoms with Crippen molar-refractivity contribution in [2.75, 3.05) is 0 Å². The van der Waals surface area contributed by atoms with Gasteiger partial charge in [-0.25, -0.2) is 0 Å². The summed E-state index contributed by atoms with van der Waals surface area (Å²) in [4.78, 5) is 12.0. The summed E-state index contributed by atoms with van der Waals surface area (Å²) >= 11 is 1.70. The lowest BCUT2D eigenvalue weighted by atomic mass is 10.0. The number of carbonyl (C=O) groups excluding carboxylic acids is 1. The van der Waals surface area contributed by atoms with Crippen LogP contribution >= 0.6 is 11.3 Å². The molecule has 19 heavy (non-hydrogen) atoms. The maximum atomic E-state index is 12.0. The predicted molar refractivity (Wildman–Crippen MR) is 77.6 cm³/mol. The first-order valence-electron chi connectivity index (χ1n) is 6.32. The Bertz CT molecular complexity index is 680. The molecular formula is C16H14O2S. The monoisotopic (exact) mass is 270 g/mol. The van der Waals surface area contributed by atoms with E-state index in [9.17, 15) is 4.79 Å². The second kappa shape index (κ2) is 5.41. The Morgan fingerprint density at radius 1 is 1.16 bits per heavy atom. The van der Waals surface area contributed by atoms with E-state index in [2.05, 4.69) is 17.5 Å². The molecule has 3 aromatic rings. The highest BCUT2D eigenvalue weighted by Gasteiger charge is 2.09. The van der Waals surface area contributed by atoms with Crippen LogP contribution in [0.15, 0.2) is 52.5 Å². The Balaban J connectivity index is 1.66. The summed E-state index contributed by atoms with van der Waals surface area (Å²) in [5.74, 6) is 1.14. The van der Waals surface area contributed by atoms with Gasteiger partial charge >= 0.3 is 0 Å². The molecule has 0 fully saturated rings. The van der Waals surface area contributed by atoms with Gasteiger partial charge in [0.25, 0.3) is 0 Å². The fourth-order valence-electron chi connectivity index (χ4n) is 2.19. The van der Waals surface area contributed by atoms with Crippen LogP contribution < -0.4 is 0 Å². The van der Waals surface area contributed by atoms with Gasteiger partial charge in [0.1, 0.15) is 11.5 Å². The first-order chi connectivity index (χ1) is 9.33. The van der Waals surface area contributed by atoms with Gasteiger partial charge < -0.3 is 4.42 Å². The molecule has 0 spiro atoms. The molecule has 0 saturated carbocycles. The molecule has 0 radical (unpaired) electrons. The van der Waals surface area contributed by atoms with Crippen molar-refractivity contribution in [1.82, 2.24) is 0 Å². The molecule has 0 atom stereocenters. The number of hydrogen-bond donors (Lipinski definition) is 0. The van der Waals surface area contributed by atoms with Gasteiger partial charge in [0.15, 0.2) is 0 Å². The first-order valence-corrected chi connectivity index (χ1v) is 7.20. The number of carbonyl (C=O) groups is 1. The lowest BCUT2D eigenvalue weighted by Gasteiger charge is -1.99. The average Bonchev–Trinajstić information content (AvgIpc) is 3.07. The van der Waals surface area contributed by atoms with E-state index in [1.165, 1.54) is 10.1 Å². The normalized spacial score (nSPS) is 10.9. The van der Waals surface area contributed by atoms with Crippen molar-refractivity contribution >= 4 is 27.2 Å². The third-order valence-electron chi connectivity index (χ3n) is 3.18. The number of furan rings is 1. The average molecular weight is 270 g/mol. The third-order valence-corrected chi connectivity index (χ3v) is 4.19. The molecule has 3 heteroatoms. The number of thiophene rings is 1. The van der Waals surface area contributed by atoms with Crippen molar-refractivity contribution in [3.05, 3.63) is 59.4 Å². The van der Waals surface area contributed by atoms with E-state index < -0.39 is 0 Å². The van der Waals surface area contributed by atoms with Crippen molar-refractivity contribution in [2.24, 2.45) is 0 Å². The molecule has 0 aliphatic rings. The number of Topliss-reactive ketones (excluding diaryl/α,β-unsaturated/α-hetero) is 1. The van der Waals surface area contributed by atoms with Crippen LogP contribution in [0.5, 0.6) is 0 Å². The minimum absolute atomic E-state index is 0.264. The van der Waals surface area contributed by atoms with E-state index in [1.54, 1.807) is 17.6 Å². The van der Waals surface area contributed by atoms with Crippen LogP contribution in [0.3, 0.4) is 0 Å². The Hall–Kier alpha value is -1.87. The van der Waals surface area contributed by atoms with E-state index in [0.29, 0.717) is 19.3 Å². The number of aryl methyl sites for hydroxylation is 1. The molecule has 96 valence electrons. The van der Waals surface area contributed by atoms with Gasteiger partial charge in [-0.15, -0.1) is 11.3 Å². The van der Waals surface area contributed by atoms with Gasteiger partial charge in [-0.1, -0.05) is 18.2 Å². The minimum atomic E-state index is 0.264. The maximum Gasteiger partial charge on any atom is 0.137 e. The summed E-state index contributed by atoms with van der Waals surface area (Å²) < 4.78 is 6.49. The number of fused-ring (bicyclic) bond motifs is 1. The SMILES string of the molecule is O=C(CCc1ccco1)Cc1csc2ccccc12. The second-order valence-electron chi connectivity index (χ2n) is 4.55. The van der Waals surface area contributed by atoms with E-state index in [-0.39, 0.29) is 5.78 Å². The Labute approximate surface area is 115 Å². The lowest BCUT2D eigenvalue weighted by molar-refractivity contribution is -0.118. The molecule has 2 aromatic heterocycles. The Morgan fingerprint density at radius 3 is 2.89 bits per heavy atom. The number of hydrogen-bond acceptors (Lipinski definition) is 3. The molecule has 0 bridgehead atoms. The summed E-state index contributed by atoms with van der Waals surface area (Å²) in [5.41, 5.74) is 1.14. The van der Waals surface area contributed by atoms with Gasteiger partial charge in [-0.3, -0.25) is 4.79 Å².